The molecule has 0 amide bonds. The van der Waals surface area contributed by atoms with Crippen LogP contribution in [0.4, 0.5) is 0 Å². The van der Waals surface area contributed by atoms with Crippen LogP contribution in [0.3, 0.4) is 0 Å². The Morgan fingerprint density at radius 1 is 1.11 bits per heavy atom. The molecule has 4 aliphatic carbocycles. The normalized spacial score (nSPS) is 44.6. The molecule has 0 aromatic carbocycles. The minimum absolute atomic E-state index is 0.0490. The molecule has 6 atom stereocenters. The van der Waals surface area contributed by atoms with Gasteiger partial charge in [-0.1, -0.05) is 31.5 Å². The molecule has 5 heteroatoms. The van der Waals surface area contributed by atoms with Gasteiger partial charge < -0.3 is 4.74 Å². The number of carbonyl (C=O) groups excluding carboxylic acids is 3. The van der Waals surface area contributed by atoms with E-state index in [-0.39, 0.29) is 40.2 Å². The molecule has 4 rings (SSSR count). The molecule has 2 saturated carbocycles. The fourth-order valence-electron chi connectivity index (χ4n) is 7.13. The van der Waals surface area contributed by atoms with Crippen LogP contribution in [0.2, 0.25) is 0 Å². The summed E-state index contributed by atoms with van der Waals surface area (Å²) in [6.45, 7) is 7.33. The summed E-state index contributed by atoms with van der Waals surface area (Å²) in [5.74, 6) is 0.584. The van der Waals surface area contributed by atoms with Crippen LogP contribution in [-0.4, -0.2) is 23.1 Å². The second-order valence-corrected chi connectivity index (χ2v) is 10.1. The van der Waals surface area contributed by atoms with Crippen molar-refractivity contribution in [1.29, 1.82) is 0 Å². The van der Waals surface area contributed by atoms with Crippen LogP contribution in [0.1, 0.15) is 66.2 Å². The van der Waals surface area contributed by atoms with Crippen molar-refractivity contribution in [2.45, 2.75) is 71.8 Å². The van der Waals surface area contributed by atoms with E-state index in [4.69, 9.17) is 16.3 Å². The fourth-order valence-corrected chi connectivity index (χ4v) is 7.55. The summed E-state index contributed by atoms with van der Waals surface area (Å²) in [6.07, 6.45) is 8.48. The molecule has 0 aromatic rings. The van der Waals surface area contributed by atoms with E-state index in [9.17, 15) is 14.4 Å². The first-order valence-corrected chi connectivity index (χ1v) is 10.8. The molecule has 0 aromatic heterocycles. The Morgan fingerprint density at radius 3 is 2.43 bits per heavy atom. The van der Waals surface area contributed by atoms with Crippen molar-refractivity contribution in [2.24, 2.45) is 28.6 Å². The topological polar surface area (TPSA) is 60.4 Å². The lowest BCUT2D eigenvalue weighted by Crippen LogP contribution is -2.58. The monoisotopic (exact) mass is 404 g/mol. The maximum atomic E-state index is 12.7. The summed E-state index contributed by atoms with van der Waals surface area (Å²) in [7, 11) is 0. The van der Waals surface area contributed by atoms with Crippen LogP contribution in [-0.2, 0) is 19.1 Å². The van der Waals surface area contributed by atoms with Gasteiger partial charge >= 0.3 is 5.97 Å². The van der Waals surface area contributed by atoms with E-state index in [0.29, 0.717) is 23.8 Å². The second kappa shape index (κ2) is 6.29. The van der Waals surface area contributed by atoms with Crippen molar-refractivity contribution in [3.63, 3.8) is 0 Å². The number of carbonyl (C=O) groups is 3. The van der Waals surface area contributed by atoms with Crippen LogP contribution >= 0.6 is 11.6 Å². The van der Waals surface area contributed by atoms with Gasteiger partial charge in [-0.3, -0.25) is 14.4 Å². The van der Waals surface area contributed by atoms with E-state index < -0.39 is 5.60 Å². The van der Waals surface area contributed by atoms with Crippen LogP contribution in [0.5, 0.6) is 0 Å². The molecule has 152 valence electrons. The second-order valence-electron chi connectivity index (χ2n) is 9.72. The lowest BCUT2D eigenvalue weighted by molar-refractivity contribution is -0.185. The van der Waals surface area contributed by atoms with Gasteiger partial charge in [0.1, 0.15) is 0 Å². The molecule has 0 heterocycles. The molecule has 4 nitrogen and oxygen atoms in total. The van der Waals surface area contributed by atoms with Crippen molar-refractivity contribution < 1.29 is 19.1 Å². The highest BCUT2D eigenvalue weighted by Gasteiger charge is 2.67. The third kappa shape index (κ3) is 2.46. The first kappa shape index (κ1) is 19.9. The van der Waals surface area contributed by atoms with Gasteiger partial charge in [0.05, 0.1) is 0 Å². The van der Waals surface area contributed by atoms with E-state index in [2.05, 4.69) is 19.9 Å². The predicted octanol–water partition coefficient (Wildman–Crippen LogP) is 4.75. The van der Waals surface area contributed by atoms with Gasteiger partial charge in [-0.05, 0) is 73.8 Å². The zero-order chi connectivity index (χ0) is 20.5. The number of ketones is 2. The van der Waals surface area contributed by atoms with Crippen molar-refractivity contribution in [1.82, 2.24) is 0 Å². The third-order valence-corrected chi connectivity index (χ3v) is 8.89. The summed E-state index contributed by atoms with van der Waals surface area (Å²) < 4.78 is 5.79. The predicted molar refractivity (Wildman–Crippen MR) is 107 cm³/mol. The smallest absolute Gasteiger partial charge is 0.303 e. The Balaban J connectivity index is 1.79. The summed E-state index contributed by atoms with van der Waals surface area (Å²) in [5, 5.41) is 0.689. The number of ether oxygens (including phenoxy) is 1. The summed E-state index contributed by atoms with van der Waals surface area (Å²) in [6, 6.07) is 0. The van der Waals surface area contributed by atoms with Crippen molar-refractivity contribution in [3.8, 4) is 0 Å². The van der Waals surface area contributed by atoms with Gasteiger partial charge in [0, 0.05) is 23.8 Å². The Labute approximate surface area is 171 Å². The van der Waals surface area contributed by atoms with Gasteiger partial charge in [0.25, 0.3) is 0 Å². The maximum Gasteiger partial charge on any atom is 0.303 e. The highest BCUT2D eigenvalue weighted by atomic mass is 35.5. The summed E-state index contributed by atoms with van der Waals surface area (Å²) >= 11 is 6.71. The quantitative estimate of drug-likeness (QED) is 0.623. The van der Waals surface area contributed by atoms with Gasteiger partial charge in [-0.15, -0.1) is 0 Å². The Bertz CT molecular complexity index is 826. The largest absolute Gasteiger partial charge is 0.451 e. The van der Waals surface area contributed by atoms with Gasteiger partial charge in [0.15, 0.2) is 17.2 Å². The van der Waals surface area contributed by atoms with Crippen LogP contribution < -0.4 is 0 Å². The van der Waals surface area contributed by atoms with E-state index >= 15 is 0 Å². The Kier molecular flexibility index (Phi) is 4.46. The molecule has 4 aliphatic rings. The number of fused-ring (bicyclic) bond motifs is 5. The van der Waals surface area contributed by atoms with Crippen LogP contribution in [0.25, 0.3) is 0 Å². The first-order valence-electron chi connectivity index (χ1n) is 10.4. The molecule has 0 radical (unpaired) electrons. The zero-order valence-corrected chi connectivity index (χ0v) is 17.9. The van der Waals surface area contributed by atoms with E-state index in [1.54, 1.807) is 13.0 Å². The van der Waals surface area contributed by atoms with Crippen molar-refractivity contribution in [2.75, 3.05) is 0 Å². The van der Waals surface area contributed by atoms with Gasteiger partial charge in [-0.25, -0.2) is 0 Å². The summed E-state index contributed by atoms with van der Waals surface area (Å²) in [4.78, 5) is 36.6. The van der Waals surface area contributed by atoms with Crippen molar-refractivity contribution in [3.05, 3.63) is 22.8 Å². The number of esters is 1. The van der Waals surface area contributed by atoms with E-state index in [1.807, 2.05) is 0 Å². The SMILES string of the molecule is CC(=O)O[C@]1(C(C)=O)CC[C@@H]2[C@H]3C=C(Cl)C4=CC(=O)CC[C@]4(C)[C@H]3CC[C@@]21C. The number of hydrogen-bond acceptors (Lipinski definition) is 4. The molecule has 0 unspecified atom stereocenters. The Hall–Kier alpha value is -1.42. The van der Waals surface area contributed by atoms with Crippen LogP contribution in [0.15, 0.2) is 22.8 Å². The molecule has 0 N–H and O–H groups in total. The minimum Gasteiger partial charge on any atom is -0.451 e. The minimum atomic E-state index is -1.03. The number of allylic oxidation sites excluding steroid dienone is 4. The number of Topliss-reactive ketones (excluding diaryl/α,β-unsaturated/α-hetero) is 1. The zero-order valence-electron chi connectivity index (χ0n) is 17.1. The fraction of sp³-hybridized carbons (Fsp3) is 0.696. The lowest BCUT2D eigenvalue weighted by atomic mass is 9.48. The highest BCUT2D eigenvalue weighted by molar-refractivity contribution is 6.32. The summed E-state index contributed by atoms with van der Waals surface area (Å²) in [5.41, 5.74) is -0.532. The van der Waals surface area contributed by atoms with E-state index in [1.165, 1.54) is 6.92 Å². The first-order chi connectivity index (χ1) is 13.0. The van der Waals surface area contributed by atoms with Gasteiger partial charge in [0.2, 0.25) is 0 Å². The molecule has 0 aliphatic heterocycles. The number of halogens is 1. The average molecular weight is 405 g/mol. The lowest BCUT2D eigenvalue weighted by Gasteiger charge is -2.57. The van der Waals surface area contributed by atoms with Crippen LogP contribution in [0, 0.1) is 28.6 Å². The number of hydrogen-bond donors (Lipinski definition) is 0. The molecular weight excluding hydrogens is 376 g/mol. The number of rotatable bonds is 2. The van der Waals surface area contributed by atoms with E-state index in [0.717, 1.165) is 31.3 Å². The molecule has 2 fully saturated rings. The third-order valence-electron chi connectivity index (χ3n) is 8.56. The van der Waals surface area contributed by atoms with Crippen molar-refractivity contribution >= 4 is 29.1 Å². The molecule has 0 saturated heterocycles. The standard InChI is InChI=1S/C23H29ClO4/c1-13(25)23(28-14(2)26)10-7-18-16-12-20(24)19-11-15(27)5-8-21(19,3)17(16)6-9-22(18,23)4/h11-12,16-18H,5-10H2,1-4H3/t16-,17-,18+,21+,22-,23-/m0/s1. The Morgan fingerprint density at radius 2 is 1.79 bits per heavy atom. The average Bonchev–Trinajstić information content (AvgIpc) is 2.90. The maximum absolute atomic E-state index is 12.7. The molecule has 0 bridgehead atoms. The highest BCUT2D eigenvalue weighted by Crippen LogP contribution is 2.68. The molecular formula is C23H29ClO4. The van der Waals surface area contributed by atoms with Gasteiger partial charge in [-0.2, -0.15) is 0 Å². The molecule has 28 heavy (non-hydrogen) atoms. The molecule has 0 spiro atoms.